The Morgan fingerprint density at radius 1 is 1.50 bits per heavy atom. The molecule has 0 bridgehead atoms. The lowest BCUT2D eigenvalue weighted by Gasteiger charge is -2.16. The molecule has 1 unspecified atom stereocenters. The lowest BCUT2D eigenvalue weighted by atomic mass is 10.0. The van der Waals surface area contributed by atoms with Gasteiger partial charge in [-0.1, -0.05) is 6.07 Å². The molecule has 0 aliphatic carbocycles. The number of aryl methyl sites for hydroxylation is 2. The number of nitrogens with zero attached hydrogens (tertiary/aromatic N) is 3. The molecule has 0 aliphatic rings. The number of aromatic nitrogens is 3. The van der Waals surface area contributed by atoms with Gasteiger partial charge in [-0.2, -0.15) is 5.10 Å². The van der Waals surface area contributed by atoms with Crippen LogP contribution in [0.15, 0.2) is 24.5 Å². The second kappa shape index (κ2) is 5.18. The number of nitrogens with two attached hydrogens (primary N) is 1. The molecule has 2 rings (SSSR count). The number of rotatable bonds is 4. The minimum Gasteiger partial charge on any atom is -0.493 e. The summed E-state index contributed by atoms with van der Waals surface area (Å²) in [5.41, 5.74) is 9.14. The lowest BCUT2D eigenvalue weighted by molar-refractivity contribution is 0.404. The van der Waals surface area contributed by atoms with E-state index < -0.39 is 0 Å². The highest BCUT2D eigenvalue weighted by Crippen LogP contribution is 2.29. The number of ether oxygens (including phenoxy) is 1. The Labute approximate surface area is 107 Å². The third-order valence-corrected chi connectivity index (χ3v) is 3.04. The van der Waals surface area contributed by atoms with E-state index in [1.165, 1.54) is 0 Å². The van der Waals surface area contributed by atoms with Crippen LogP contribution in [0.4, 0.5) is 0 Å². The largest absolute Gasteiger partial charge is 0.493 e. The van der Waals surface area contributed by atoms with Gasteiger partial charge in [0.05, 0.1) is 19.3 Å². The van der Waals surface area contributed by atoms with E-state index in [1.807, 2.05) is 30.7 Å². The van der Waals surface area contributed by atoms with Gasteiger partial charge in [0.15, 0.2) is 5.75 Å². The van der Waals surface area contributed by atoms with E-state index in [4.69, 9.17) is 10.5 Å². The molecule has 0 amide bonds. The molecule has 0 aromatic carbocycles. The third kappa shape index (κ3) is 2.09. The van der Waals surface area contributed by atoms with Crippen LogP contribution in [0.25, 0.3) is 0 Å². The van der Waals surface area contributed by atoms with Gasteiger partial charge in [0.25, 0.3) is 0 Å². The summed E-state index contributed by atoms with van der Waals surface area (Å²) >= 11 is 0. The molecule has 5 nitrogen and oxygen atoms in total. The van der Waals surface area contributed by atoms with Gasteiger partial charge in [-0.05, 0) is 25.5 Å². The van der Waals surface area contributed by atoms with Crippen LogP contribution in [0.2, 0.25) is 0 Å². The molecule has 0 spiro atoms. The van der Waals surface area contributed by atoms with Crippen LogP contribution < -0.4 is 10.5 Å². The maximum absolute atomic E-state index is 6.33. The summed E-state index contributed by atoms with van der Waals surface area (Å²) in [5, 5.41) is 4.27. The SMILES string of the molecule is CCn1ncc(OC)c1C(N)c1cccnc1C. The van der Waals surface area contributed by atoms with Crippen molar-refractivity contribution in [3.8, 4) is 5.75 Å². The van der Waals surface area contributed by atoms with Gasteiger partial charge in [-0.3, -0.25) is 9.67 Å². The Hall–Kier alpha value is -1.88. The van der Waals surface area contributed by atoms with Crippen molar-refractivity contribution in [1.82, 2.24) is 14.8 Å². The van der Waals surface area contributed by atoms with Gasteiger partial charge in [0.2, 0.25) is 0 Å². The van der Waals surface area contributed by atoms with Gasteiger partial charge in [0.1, 0.15) is 5.69 Å². The van der Waals surface area contributed by atoms with Gasteiger partial charge < -0.3 is 10.5 Å². The molecule has 0 radical (unpaired) electrons. The summed E-state index contributed by atoms with van der Waals surface area (Å²) < 4.78 is 7.18. The molecule has 18 heavy (non-hydrogen) atoms. The van der Waals surface area contributed by atoms with Gasteiger partial charge in [0, 0.05) is 18.4 Å². The summed E-state index contributed by atoms with van der Waals surface area (Å²) in [6.07, 6.45) is 3.46. The quantitative estimate of drug-likeness (QED) is 0.891. The van der Waals surface area contributed by atoms with E-state index in [2.05, 4.69) is 10.1 Å². The first-order chi connectivity index (χ1) is 8.69. The van der Waals surface area contributed by atoms with Crippen molar-refractivity contribution in [1.29, 1.82) is 0 Å². The van der Waals surface area contributed by atoms with Crippen LogP contribution >= 0.6 is 0 Å². The van der Waals surface area contributed by atoms with Crippen molar-refractivity contribution < 1.29 is 4.74 Å². The van der Waals surface area contributed by atoms with Crippen molar-refractivity contribution in [3.63, 3.8) is 0 Å². The highest BCUT2D eigenvalue weighted by atomic mass is 16.5. The summed E-state index contributed by atoms with van der Waals surface area (Å²) in [7, 11) is 1.63. The van der Waals surface area contributed by atoms with Crippen LogP contribution in [0.5, 0.6) is 5.75 Å². The van der Waals surface area contributed by atoms with Crippen LogP contribution in [-0.2, 0) is 6.54 Å². The average molecular weight is 246 g/mol. The van der Waals surface area contributed by atoms with Gasteiger partial charge in [-0.15, -0.1) is 0 Å². The smallest absolute Gasteiger partial charge is 0.161 e. The molecule has 0 saturated heterocycles. The monoisotopic (exact) mass is 246 g/mol. The van der Waals surface area contributed by atoms with Crippen molar-refractivity contribution in [2.75, 3.05) is 7.11 Å². The number of pyridine rings is 1. The molecular formula is C13H18N4O. The Bertz CT molecular complexity index is 514. The molecule has 2 aromatic rings. The average Bonchev–Trinajstić information content (AvgIpc) is 2.81. The molecule has 1 atom stereocenters. The fraction of sp³-hybridized carbons (Fsp3) is 0.385. The summed E-state index contributed by atoms with van der Waals surface area (Å²) in [5.74, 6) is 0.715. The predicted molar refractivity (Wildman–Crippen MR) is 69.5 cm³/mol. The minimum atomic E-state index is -0.281. The lowest BCUT2D eigenvalue weighted by Crippen LogP contribution is -2.19. The molecule has 96 valence electrons. The molecule has 0 aliphatic heterocycles. The summed E-state index contributed by atoms with van der Waals surface area (Å²) in [6.45, 7) is 4.73. The zero-order valence-electron chi connectivity index (χ0n) is 10.9. The summed E-state index contributed by atoms with van der Waals surface area (Å²) in [4.78, 5) is 4.27. The van der Waals surface area contributed by atoms with Crippen molar-refractivity contribution in [2.45, 2.75) is 26.4 Å². The van der Waals surface area contributed by atoms with Gasteiger partial charge >= 0.3 is 0 Å². The molecule has 2 aromatic heterocycles. The van der Waals surface area contributed by atoms with E-state index in [0.717, 1.165) is 23.5 Å². The normalized spacial score (nSPS) is 12.4. The van der Waals surface area contributed by atoms with Crippen LogP contribution in [0.3, 0.4) is 0 Å². The van der Waals surface area contributed by atoms with E-state index >= 15 is 0 Å². The fourth-order valence-electron chi connectivity index (χ4n) is 2.07. The first kappa shape index (κ1) is 12.6. The van der Waals surface area contributed by atoms with Gasteiger partial charge in [-0.25, -0.2) is 0 Å². The van der Waals surface area contributed by atoms with Crippen LogP contribution in [0, 0.1) is 6.92 Å². The molecule has 2 heterocycles. The van der Waals surface area contributed by atoms with Crippen molar-refractivity contribution >= 4 is 0 Å². The highest BCUT2D eigenvalue weighted by Gasteiger charge is 2.21. The maximum Gasteiger partial charge on any atom is 0.161 e. The minimum absolute atomic E-state index is 0.281. The molecule has 0 fully saturated rings. The zero-order valence-corrected chi connectivity index (χ0v) is 10.9. The molecule has 2 N–H and O–H groups in total. The maximum atomic E-state index is 6.33. The standard InChI is InChI=1S/C13H18N4O/c1-4-17-13(11(18-3)8-16-17)12(14)10-6-5-7-15-9(10)2/h5-8,12H,4,14H2,1-3H3. The summed E-state index contributed by atoms with van der Waals surface area (Å²) in [6, 6.07) is 3.59. The topological polar surface area (TPSA) is 66.0 Å². The molecule has 0 saturated carbocycles. The fourth-order valence-corrected chi connectivity index (χ4v) is 2.07. The Balaban J connectivity index is 2.48. The Kier molecular flexibility index (Phi) is 3.62. The number of methoxy groups -OCH3 is 1. The molecular weight excluding hydrogens is 228 g/mol. The first-order valence-corrected chi connectivity index (χ1v) is 5.95. The van der Waals surface area contributed by atoms with E-state index in [0.29, 0.717) is 5.75 Å². The van der Waals surface area contributed by atoms with E-state index in [1.54, 1.807) is 19.5 Å². The van der Waals surface area contributed by atoms with Crippen molar-refractivity contribution in [3.05, 3.63) is 41.5 Å². The second-order valence-electron chi connectivity index (χ2n) is 4.07. The number of hydrogen-bond acceptors (Lipinski definition) is 4. The van der Waals surface area contributed by atoms with Crippen LogP contribution in [-0.4, -0.2) is 21.9 Å². The number of hydrogen-bond donors (Lipinski definition) is 1. The van der Waals surface area contributed by atoms with Crippen molar-refractivity contribution in [2.24, 2.45) is 5.73 Å². The third-order valence-electron chi connectivity index (χ3n) is 3.04. The second-order valence-corrected chi connectivity index (χ2v) is 4.07. The Morgan fingerprint density at radius 2 is 2.28 bits per heavy atom. The highest BCUT2D eigenvalue weighted by molar-refractivity contribution is 5.37. The zero-order chi connectivity index (χ0) is 13.1. The van der Waals surface area contributed by atoms with Crippen LogP contribution in [0.1, 0.15) is 29.9 Å². The van der Waals surface area contributed by atoms with E-state index in [-0.39, 0.29) is 6.04 Å². The molecule has 5 heteroatoms. The predicted octanol–water partition coefficient (Wildman–Crippen LogP) is 1.66. The Morgan fingerprint density at radius 3 is 2.89 bits per heavy atom. The first-order valence-electron chi connectivity index (χ1n) is 5.95. The van der Waals surface area contributed by atoms with E-state index in [9.17, 15) is 0 Å².